The number of carboxylic acid groups (broad SMARTS) is 1. The second-order valence-corrected chi connectivity index (χ2v) is 13.3. The van der Waals surface area contributed by atoms with Crippen LogP contribution in [0.1, 0.15) is 48.2 Å². The van der Waals surface area contributed by atoms with Gasteiger partial charge in [-0.1, -0.05) is 17.7 Å². The Bertz CT molecular complexity index is 1890. The van der Waals surface area contributed by atoms with Crippen LogP contribution < -0.4 is 15.5 Å². The van der Waals surface area contributed by atoms with Crippen LogP contribution in [0.5, 0.6) is 0 Å². The van der Waals surface area contributed by atoms with Crippen LogP contribution in [0.25, 0.3) is 0 Å². The van der Waals surface area contributed by atoms with Crippen LogP contribution in [0.2, 0.25) is 5.02 Å². The Morgan fingerprint density at radius 3 is 2.08 bits per heavy atom. The minimum Gasteiger partial charge on any atom is -0.464 e. The average Bonchev–Trinajstić information content (AvgIpc) is 3.53. The van der Waals surface area contributed by atoms with E-state index in [-0.39, 0.29) is 16.5 Å². The molecule has 19 heteroatoms. The van der Waals surface area contributed by atoms with E-state index in [0.29, 0.717) is 24.3 Å². The molecule has 1 aliphatic carbocycles. The van der Waals surface area contributed by atoms with Gasteiger partial charge < -0.3 is 20.5 Å². The molecule has 2 atom stereocenters. The number of amides is 4. The predicted octanol–water partition coefficient (Wildman–Crippen LogP) is 9.11. The van der Waals surface area contributed by atoms with Crippen LogP contribution in [-0.2, 0) is 15.7 Å². The third-order valence-corrected chi connectivity index (χ3v) is 8.15. The van der Waals surface area contributed by atoms with Gasteiger partial charge in [0.15, 0.2) is 5.82 Å². The number of alkyl halides is 5. The van der Waals surface area contributed by atoms with Crippen LogP contribution in [0.4, 0.5) is 57.4 Å². The highest BCUT2D eigenvalue weighted by atomic mass is 35.5. The Balaban J connectivity index is 1.60. The van der Waals surface area contributed by atoms with Crippen molar-refractivity contribution in [2.24, 2.45) is 5.92 Å². The van der Waals surface area contributed by atoms with E-state index < -0.39 is 108 Å². The van der Waals surface area contributed by atoms with Crippen molar-refractivity contribution < 1.29 is 59.8 Å². The Morgan fingerprint density at radius 1 is 0.878 bits per heavy atom. The number of anilines is 3. The summed E-state index contributed by atoms with van der Waals surface area (Å²) in [7, 11) is 0. The largest absolute Gasteiger partial charge is 0.464 e. The van der Waals surface area contributed by atoms with Gasteiger partial charge in [-0.3, -0.25) is 9.59 Å². The summed E-state index contributed by atoms with van der Waals surface area (Å²) in [6, 6.07) is 3.99. The molecule has 3 aromatic rings. The fourth-order valence-corrected chi connectivity index (χ4v) is 5.67. The second kappa shape index (κ2) is 13.2. The van der Waals surface area contributed by atoms with E-state index in [4.69, 9.17) is 39.5 Å². The zero-order valence-electron chi connectivity index (χ0n) is 24.9. The van der Waals surface area contributed by atoms with E-state index >= 15 is 0 Å². The van der Waals surface area contributed by atoms with Gasteiger partial charge in [-0.2, -0.15) is 18.1 Å². The minimum absolute atomic E-state index is 0.152. The molecule has 3 aromatic carbocycles. The number of imide groups is 1. The number of nitrogens with zero attached hydrogens (tertiary/aromatic N) is 1. The van der Waals surface area contributed by atoms with Crippen molar-refractivity contribution in [1.29, 1.82) is 0 Å². The summed E-state index contributed by atoms with van der Waals surface area (Å²) in [6.45, 7) is 4.17. The number of hydrogen-bond donors (Lipinski definition) is 3. The maximum absolute atomic E-state index is 14.8. The summed E-state index contributed by atoms with van der Waals surface area (Å²) >= 11 is 18.3. The van der Waals surface area contributed by atoms with Crippen LogP contribution in [-0.4, -0.2) is 39.0 Å². The Kier molecular flexibility index (Phi) is 10.1. The summed E-state index contributed by atoms with van der Waals surface area (Å²) in [5.74, 6) is -11.0. The first kappa shape index (κ1) is 37.5. The molecule has 0 heterocycles. The van der Waals surface area contributed by atoms with Gasteiger partial charge in [0.1, 0.15) is 27.4 Å². The van der Waals surface area contributed by atoms with Gasteiger partial charge in [-0.25, -0.2) is 27.2 Å². The van der Waals surface area contributed by atoms with Crippen molar-refractivity contribution in [3.05, 3.63) is 87.4 Å². The van der Waals surface area contributed by atoms with E-state index in [1.807, 2.05) is 5.32 Å². The highest BCUT2D eigenvalue weighted by Crippen LogP contribution is 2.65. The molecule has 0 aliphatic heterocycles. The van der Waals surface area contributed by atoms with Crippen molar-refractivity contribution in [3.63, 3.8) is 0 Å². The number of carbonyl (C=O) groups is 4. The molecule has 4 rings (SSSR count). The van der Waals surface area contributed by atoms with Gasteiger partial charge in [-0.05, 0) is 56.7 Å². The SMILES string of the molecule is CC(C)(C)OC(=O)N(C(=O)O)c1cc(NC(=O)c2cc(NC(=O)[C@H]3[C@H](c4ccc(F)c(C(F)(F)F)c4)C3(Cl)Cl)cc(F)c2Cl)c(F)cc1F. The first-order chi connectivity index (χ1) is 22.4. The fourth-order valence-electron chi connectivity index (χ4n) is 4.65. The van der Waals surface area contributed by atoms with Crippen LogP contribution in [0, 0.1) is 29.2 Å². The third-order valence-electron chi connectivity index (χ3n) is 6.82. The highest BCUT2D eigenvalue weighted by molar-refractivity contribution is 6.53. The number of nitrogens with one attached hydrogen (secondary N) is 2. The molecular formula is C30H21Cl3F7N3O6. The van der Waals surface area contributed by atoms with Crippen molar-refractivity contribution in [2.45, 2.75) is 42.8 Å². The van der Waals surface area contributed by atoms with Gasteiger partial charge in [0.05, 0.1) is 33.4 Å². The van der Waals surface area contributed by atoms with Gasteiger partial charge in [0.25, 0.3) is 5.91 Å². The van der Waals surface area contributed by atoms with Gasteiger partial charge in [-0.15, -0.1) is 23.2 Å². The van der Waals surface area contributed by atoms with Crippen molar-refractivity contribution in [2.75, 3.05) is 15.5 Å². The predicted molar refractivity (Wildman–Crippen MR) is 163 cm³/mol. The number of hydrogen-bond acceptors (Lipinski definition) is 5. The molecule has 1 fully saturated rings. The molecule has 49 heavy (non-hydrogen) atoms. The molecule has 0 saturated heterocycles. The summed E-state index contributed by atoms with van der Waals surface area (Å²) in [6.07, 6.45) is -8.66. The molecule has 1 aliphatic rings. The van der Waals surface area contributed by atoms with Gasteiger partial charge in [0.2, 0.25) is 5.91 Å². The number of carbonyl (C=O) groups excluding carboxylic acids is 3. The summed E-state index contributed by atoms with van der Waals surface area (Å²) in [4.78, 5) is 50.2. The normalized spacial score (nSPS) is 16.8. The molecule has 4 amide bonds. The first-order valence-corrected chi connectivity index (χ1v) is 14.7. The molecule has 0 aromatic heterocycles. The Hall–Kier alpha value is -4.28. The highest BCUT2D eigenvalue weighted by Gasteiger charge is 2.67. The number of ether oxygens (including phenoxy) is 1. The maximum Gasteiger partial charge on any atom is 0.424 e. The molecule has 9 nitrogen and oxygen atoms in total. The molecule has 262 valence electrons. The van der Waals surface area contributed by atoms with E-state index in [9.17, 15) is 55.0 Å². The molecular weight excluding hydrogens is 738 g/mol. The van der Waals surface area contributed by atoms with Crippen molar-refractivity contribution in [1.82, 2.24) is 0 Å². The average molecular weight is 759 g/mol. The Morgan fingerprint density at radius 2 is 1.51 bits per heavy atom. The summed E-state index contributed by atoms with van der Waals surface area (Å²) < 4.78 is 101. The van der Waals surface area contributed by atoms with Crippen LogP contribution in [0.15, 0.2) is 42.5 Å². The van der Waals surface area contributed by atoms with E-state index in [1.54, 1.807) is 0 Å². The van der Waals surface area contributed by atoms with E-state index in [0.717, 1.165) is 12.1 Å². The fraction of sp³-hybridized carbons (Fsp3) is 0.267. The minimum atomic E-state index is -5.07. The standard InChI is InChI=1S/C30H21Cl3F7N3O6/c1-28(2,3)49-27(48)43(26(46)47)20-10-19(16(35)9-17(20)36)42-24(44)13-7-12(8-18(37)23(13)31)41-25(45)22-21(29(22,32)33)11-4-5-15(34)14(6-11)30(38,39)40/h4-10,21-22H,1-3H3,(H,41,45)(H,42,44)(H,46,47)/t21-,22+/m0/s1. The lowest BCUT2D eigenvalue weighted by atomic mass is 10.0. The summed E-state index contributed by atoms with van der Waals surface area (Å²) in [5, 5.41) is 12.8. The number of rotatable bonds is 6. The maximum atomic E-state index is 14.8. The van der Waals surface area contributed by atoms with E-state index in [2.05, 4.69) is 5.32 Å². The van der Waals surface area contributed by atoms with Gasteiger partial charge in [0, 0.05) is 17.7 Å². The van der Waals surface area contributed by atoms with Crippen molar-refractivity contribution in [3.8, 4) is 0 Å². The zero-order chi connectivity index (χ0) is 37.0. The Labute approximate surface area is 286 Å². The number of halogens is 10. The first-order valence-electron chi connectivity index (χ1n) is 13.5. The monoisotopic (exact) mass is 757 g/mol. The van der Waals surface area contributed by atoms with Crippen LogP contribution in [0.3, 0.4) is 0 Å². The molecule has 0 bridgehead atoms. The lowest BCUT2D eigenvalue weighted by molar-refractivity contribution is -0.140. The van der Waals surface area contributed by atoms with Gasteiger partial charge >= 0.3 is 18.4 Å². The summed E-state index contributed by atoms with van der Waals surface area (Å²) in [5.41, 5.74) is -6.22. The lowest BCUT2D eigenvalue weighted by Gasteiger charge is -2.25. The van der Waals surface area contributed by atoms with Crippen molar-refractivity contribution >= 4 is 75.9 Å². The molecule has 0 unspecified atom stereocenters. The quantitative estimate of drug-likeness (QED) is 0.170. The zero-order valence-corrected chi connectivity index (χ0v) is 27.2. The van der Waals surface area contributed by atoms with Crippen LogP contribution >= 0.6 is 34.8 Å². The van der Waals surface area contributed by atoms with E-state index in [1.165, 1.54) is 20.8 Å². The molecule has 0 spiro atoms. The topological polar surface area (TPSA) is 125 Å². The second-order valence-electron chi connectivity index (χ2n) is 11.5. The molecule has 1 saturated carbocycles. The smallest absolute Gasteiger partial charge is 0.424 e. The third kappa shape index (κ3) is 7.97. The number of benzene rings is 3. The molecule has 0 radical (unpaired) electrons. The molecule has 3 N–H and O–H groups in total. The lowest BCUT2D eigenvalue weighted by Crippen LogP contribution is -2.40.